The number of fused-ring (bicyclic) bond motifs is 2. The van der Waals surface area contributed by atoms with Gasteiger partial charge in [0.15, 0.2) is 18.2 Å². The van der Waals surface area contributed by atoms with E-state index in [1.807, 2.05) is 17.5 Å². The highest BCUT2D eigenvalue weighted by Gasteiger charge is 2.33. The van der Waals surface area contributed by atoms with E-state index < -0.39 is 24.3 Å². The van der Waals surface area contributed by atoms with E-state index in [1.165, 1.54) is 12.1 Å². The van der Waals surface area contributed by atoms with Gasteiger partial charge in [-0.15, -0.1) is 11.3 Å². The van der Waals surface area contributed by atoms with E-state index in [9.17, 15) is 19.2 Å². The molecule has 0 radical (unpaired) electrons. The van der Waals surface area contributed by atoms with Crippen LogP contribution in [-0.4, -0.2) is 36.6 Å². The Morgan fingerprint density at radius 2 is 1.68 bits per heavy atom. The van der Waals surface area contributed by atoms with E-state index in [1.54, 1.807) is 35.6 Å². The molecule has 8 heteroatoms. The fraction of sp³-hybridized carbons (Fsp3) is 0.130. The molecule has 156 valence electrons. The molecule has 6 nitrogen and oxygen atoms in total. The molecule has 1 aliphatic carbocycles. The van der Waals surface area contributed by atoms with Gasteiger partial charge in [0.25, 0.3) is 5.91 Å². The first-order valence-electron chi connectivity index (χ1n) is 9.44. The van der Waals surface area contributed by atoms with Crippen molar-refractivity contribution in [1.29, 1.82) is 0 Å². The average molecular weight is 454 g/mol. The number of ether oxygens (including phenoxy) is 1. The normalized spacial score (nSPS) is 12.2. The first-order chi connectivity index (χ1) is 15.0. The topological polar surface area (TPSA) is 89.5 Å². The number of hydrogen-bond acceptors (Lipinski definition) is 6. The Hall–Kier alpha value is -3.29. The van der Waals surface area contributed by atoms with Gasteiger partial charge in [-0.3, -0.25) is 14.4 Å². The molecule has 0 fully saturated rings. The van der Waals surface area contributed by atoms with Gasteiger partial charge in [0, 0.05) is 28.1 Å². The van der Waals surface area contributed by atoms with Crippen LogP contribution >= 0.6 is 22.9 Å². The molecule has 1 aromatic heterocycles. The number of nitrogens with one attached hydrogen (secondary N) is 1. The molecule has 0 atom stereocenters. The Kier molecular flexibility index (Phi) is 5.97. The van der Waals surface area contributed by atoms with Crippen LogP contribution < -0.4 is 5.32 Å². The van der Waals surface area contributed by atoms with Crippen molar-refractivity contribution in [1.82, 2.24) is 5.32 Å². The molecule has 0 saturated heterocycles. The molecule has 1 N–H and O–H groups in total. The number of benzene rings is 2. The van der Waals surface area contributed by atoms with E-state index in [0.717, 1.165) is 4.88 Å². The second-order valence-electron chi connectivity index (χ2n) is 6.81. The van der Waals surface area contributed by atoms with Gasteiger partial charge in [0.1, 0.15) is 0 Å². The van der Waals surface area contributed by atoms with Crippen LogP contribution in [0.2, 0.25) is 5.02 Å². The molecule has 0 saturated carbocycles. The van der Waals surface area contributed by atoms with Gasteiger partial charge in [-0.2, -0.15) is 0 Å². The summed E-state index contributed by atoms with van der Waals surface area (Å²) in [4.78, 5) is 51.1. The summed E-state index contributed by atoms with van der Waals surface area (Å²) >= 11 is 7.93. The highest BCUT2D eigenvalue weighted by molar-refractivity contribution is 7.09. The predicted octanol–water partition coefficient (Wildman–Crippen LogP) is 3.69. The molecular formula is C23H16ClNO5S. The lowest BCUT2D eigenvalue weighted by Crippen LogP contribution is -2.30. The van der Waals surface area contributed by atoms with E-state index in [-0.39, 0.29) is 33.1 Å². The van der Waals surface area contributed by atoms with Crippen molar-refractivity contribution in [2.45, 2.75) is 6.42 Å². The summed E-state index contributed by atoms with van der Waals surface area (Å²) in [5.74, 6) is -2.06. The molecule has 0 aliphatic heterocycles. The lowest BCUT2D eigenvalue weighted by atomic mass is 9.83. The summed E-state index contributed by atoms with van der Waals surface area (Å²) < 4.78 is 5.05. The number of ketones is 2. The van der Waals surface area contributed by atoms with Gasteiger partial charge in [0.2, 0.25) is 0 Å². The van der Waals surface area contributed by atoms with Crippen LogP contribution in [0, 0.1) is 0 Å². The molecule has 0 spiro atoms. The zero-order valence-electron chi connectivity index (χ0n) is 16.1. The molecule has 0 bridgehead atoms. The van der Waals surface area contributed by atoms with Crippen LogP contribution in [0.5, 0.6) is 0 Å². The fourth-order valence-corrected chi connectivity index (χ4v) is 4.38. The lowest BCUT2D eigenvalue weighted by Gasteiger charge is -2.19. The van der Waals surface area contributed by atoms with E-state index in [2.05, 4.69) is 5.32 Å². The SMILES string of the molecule is O=C(COC(=O)c1ccc2c(c1Cl)C(=O)c1ccccc1C2=O)NCCc1cccs1. The Morgan fingerprint density at radius 1 is 0.935 bits per heavy atom. The number of halogens is 1. The van der Waals surface area contributed by atoms with Crippen LogP contribution in [0.15, 0.2) is 53.9 Å². The third-order valence-electron chi connectivity index (χ3n) is 4.86. The highest BCUT2D eigenvalue weighted by atomic mass is 35.5. The molecule has 0 unspecified atom stereocenters. The second-order valence-corrected chi connectivity index (χ2v) is 8.22. The maximum absolute atomic E-state index is 12.9. The Labute approximate surface area is 186 Å². The number of amides is 1. The van der Waals surface area contributed by atoms with E-state index >= 15 is 0 Å². The summed E-state index contributed by atoms with van der Waals surface area (Å²) in [5.41, 5.74) is 0.562. The Balaban J connectivity index is 1.44. The van der Waals surface area contributed by atoms with Crippen molar-refractivity contribution in [2.75, 3.05) is 13.2 Å². The van der Waals surface area contributed by atoms with Crippen LogP contribution in [0.1, 0.15) is 47.1 Å². The fourth-order valence-electron chi connectivity index (χ4n) is 3.34. The Morgan fingerprint density at radius 3 is 2.39 bits per heavy atom. The molecule has 3 aromatic rings. The van der Waals surface area contributed by atoms with Crippen LogP contribution in [0.4, 0.5) is 0 Å². The zero-order chi connectivity index (χ0) is 22.0. The molecule has 1 aliphatic rings. The molecule has 4 rings (SSSR count). The van der Waals surface area contributed by atoms with Crippen molar-refractivity contribution >= 4 is 46.4 Å². The van der Waals surface area contributed by atoms with Crippen molar-refractivity contribution in [3.8, 4) is 0 Å². The maximum atomic E-state index is 12.9. The maximum Gasteiger partial charge on any atom is 0.340 e. The van der Waals surface area contributed by atoms with Crippen LogP contribution in [0.25, 0.3) is 0 Å². The van der Waals surface area contributed by atoms with Gasteiger partial charge in [-0.25, -0.2) is 4.79 Å². The summed E-state index contributed by atoms with van der Waals surface area (Å²) in [6.07, 6.45) is 0.686. The first kappa shape index (κ1) is 21.0. The van der Waals surface area contributed by atoms with Crippen molar-refractivity contribution in [3.05, 3.63) is 91.6 Å². The van der Waals surface area contributed by atoms with Crippen LogP contribution in [-0.2, 0) is 16.0 Å². The number of carbonyl (C=O) groups is 4. The quantitative estimate of drug-likeness (QED) is 0.450. The largest absolute Gasteiger partial charge is 0.452 e. The van der Waals surface area contributed by atoms with E-state index in [0.29, 0.717) is 18.5 Å². The van der Waals surface area contributed by atoms with E-state index in [4.69, 9.17) is 16.3 Å². The van der Waals surface area contributed by atoms with Crippen LogP contribution in [0.3, 0.4) is 0 Å². The standard InChI is InChI=1S/C23H16ClNO5S/c24-20-17(23(29)30-12-18(26)25-10-9-13-4-3-11-31-13)8-7-16-19(20)22(28)15-6-2-1-5-14(15)21(16)27/h1-8,11H,9-10,12H2,(H,25,26). The number of rotatable bonds is 6. The third-order valence-corrected chi connectivity index (χ3v) is 6.19. The minimum atomic E-state index is -0.847. The number of hydrogen-bond donors (Lipinski definition) is 1. The molecular weight excluding hydrogens is 438 g/mol. The van der Waals surface area contributed by atoms with Gasteiger partial charge >= 0.3 is 5.97 Å². The summed E-state index contributed by atoms with van der Waals surface area (Å²) in [7, 11) is 0. The van der Waals surface area contributed by atoms with Crippen molar-refractivity contribution < 1.29 is 23.9 Å². The predicted molar refractivity (Wildman–Crippen MR) is 116 cm³/mol. The summed E-state index contributed by atoms with van der Waals surface area (Å²) in [6, 6.07) is 13.1. The first-order valence-corrected chi connectivity index (χ1v) is 10.7. The van der Waals surface area contributed by atoms with Gasteiger partial charge < -0.3 is 10.1 Å². The third kappa shape index (κ3) is 4.15. The zero-order valence-corrected chi connectivity index (χ0v) is 17.7. The summed E-state index contributed by atoms with van der Waals surface area (Å²) in [6.45, 7) is -0.0566. The lowest BCUT2D eigenvalue weighted by molar-refractivity contribution is -0.124. The smallest absolute Gasteiger partial charge is 0.340 e. The number of carbonyl (C=O) groups excluding carboxylic acids is 4. The minimum Gasteiger partial charge on any atom is -0.452 e. The minimum absolute atomic E-state index is 0.0276. The number of esters is 1. The highest BCUT2D eigenvalue weighted by Crippen LogP contribution is 2.34. The number of thiophene rings is 1. The molecule has 2 aromatic carbocycles. The van der Waals surface area contributed by atoms with Gasteiger partial charge in [0.05, 0.1) is 16.1 Å². The molecule has 1 heterocycles. The van der Waals surface area contributed by atoms with Crippen molar-refractivity contribution in [3.63, 3.8) is 0 Å². The second kappa shape index (κ2) is 8.83. The Bertz CT molecular complexity index is 1200. The van der Waals surface area contributed by atoms with Gasteiger partial charge in [-0.1, -0.05) is 41.9 Å². The molecule has 31 heavy (non-hydrogen) atoms. The summed E-state index contributed by atoms with van der Waals surface area (Å²) in [5, 5.41) is 4.47. The van der Waals surface area contributed by atoms with Gasteiger partial charge in [-0.05, 0) is 30.0 Å². The van der Waals surface area contributed by atoms with Crippen molar-refractivity contribution in [2.24, 2.45) is 0 Å². The monoisotopic (exact) mass is 453 g/mol. The molecule has 1 amide bonds. The average Bonchev–Trinajstić information content (AvgIpc) is 3.29.